The molecule has 4 N–H and O–H groups in total. The number of rotatable bonds is 5. The van der Waals surface area contributed by atoms with Crippen LogP contribution in [0, 0.1) is 46.3 Å². The van der Waals surface area contributed by atoms with E-state index in [9.17, 15) is 20.4 Å². The van der Waals surface area contributed by atoms with E-state index >= 15 is 0 Å². The van der Waals surface area contributed by atoms with Gasteiger partial charge in [0.1, 0.15) is 0 Å². The van der Waals surface area contributed by atoms with Gasteiger partial charge in [0.15, 0.2) is 0 Å². The predicted octanol–water partition coefficient (Wildman–Crippen LogP) is 4.53. The first-order chi connectivity index (χ1) is 14.4. The highest BCUT2D eigenvalue weighted by atomic mass is 16.3. The Morgan fingerprint density at radius 3 is 2.32 bits per heavy atom. The van der Waals surface area contributed by atoms with E-state index in [0.29, 0.717) is 37.0 Å². The van der Waals surface area contributed by atoms with Gasteiger partial charge in [0, 0.05) is 11.8 Å². The zero-order valence-corrected chi connectivity index (χ0v) is 20.6. The van der Waals surface area contributed by atoms with E-state index in [1.54, 1.807) is 0 Å². The fourth-order valence-corrected chi connectivity index (χ4v) is 9.41. The molecule has 0 aromatic heterocycles. The van der Waals surface area contributed by atoms with Crippen molar-refractivity contribution < 1.29 is 20.4 Å². The van der Waals surface area contributed by atoms with Crippen molar-refractivity contribution in [3.8, 4) is 0 Å². The summed E-state index contributed by atoms with van der Waals surface area (Å²) in [7, 11) is 0. The van der Waals surface area contributed by atoms with Gasteiger partial charge in [0.25, 0.3) is 0 Å². The average molecular weight is 437 g/mol. The second kappa shape index (κ2) is 8.25. The molecule has 11 atom stereocenters. The van der Waals surface area contributed by atoms with Crippen LogP contribution in [0.4, 0.5) is 0 Å². The fraction of sp³-hybridized carbons (Fsp3) is 1.00. The van der Waals surface area contributed by atoms with Crippen LogP contribution in [0.3, 0.4) is 0 Å². The SMILES string of the molecule is CC(C)CCC[C@@H](C)[C@H]1CC[C@H]2[C@@H]3C[C@@H](O)[C@@]4(O)C[C@@H](O)CC[C@]4(C)[C@H]3[C@@H](O)C[C@]12C. The number of aliphatic hydroxyl groups is 4. The molecule has 0 unspecified atom stereocenters. The molecule has 0 radical (unpaired) electrons. The van der Waals surface area contributed by atoms with Crippen molar-refractivity contribution >= 4 is 0 Å². The monoisotopic (exact) mass is 436 g/mol. The van der Waals surface area contributed by atoms with Crippen LogP contribution in [0.1, 0.15) is 98.8 Å². The topological polar surface area (TPSA) is 80.9 Å². The van der Waals surface area contributed by atoms with Crippen molar-refractivity contribution in [1.29, 1.82) is 0 Å². The Kier molecular flexibility index (Phi) is 6.38. The quantitative estimate of drug-likeness (QED) is 0.511. The van der Waals surface area contributed by atoms with Crippen LogP contribution in [-0.4, -0.2) is 44.3 Å². The minimum absolute atomic E-state index is 0.0153. The molecule has 4 aliphatic carbocycles. The van der Waals surface area contributed by atoms with Gasteiger partial charge in [0.2, 0.25) is 0 Å². The van der Waals surface area contributed by atoms with Crippen molar-refractivity contribution in [1.82, 2.24) is 0 Å². The first-order valence-corrected chi connectivity index (χ1v) is 13.2. The third-order valence-corrected chi connectivity index (χ3v) is 11.0. The summed E-state index contributed by atoms with van der Waals surface area (Å²) in [4.78, 5) is 0. The van der Waals surface area contributed by atoms with Crippen molar-refractivity contribution in [2.75, 3.05) is 0 Å². The molecule has 4 saturated carbocycles. The summed E-state index contributed by atoms with van der Waals surface area (Å²) in [6.45, 7) is 11.5. The van der Waals surface area contributed by atoms with Crippen LogP contribution in [0.15, 0.2) is 0 Å². The molecule has 4 rings (SSSR count). The molecule has 0 spiro atoms. The minimum Gasteiger partial charge on any atom is -0.393 e. The maximum Gasteiger partial charge on any atom is 0.0986 e. The Morgan fingerprint density at radius 2 is 1.65 bits per heavy atom. The molecular weight excluding hydrogens is 388 g/mol. The lowest BCUT2D eigenvalue weighted by molar-refractivity contribution is -0.282. The molecule has 180 valence electrons. The van der Waals surface area contributed by atoms with Crippen molar-refractivity contribution in [2.45, 2.75) is 123 Å². The summed E-state index contributed by atoms with van der Waals surface area (Å²) >= 11 is 0. The predicted molar refractivity (Wildman–Crippen MR) is 123 cm³/mol. The second-order valence-electron chi connectivity index (χ2n) is 13.0. The van der Waals surface area contributed by atoms with E-state index in [1.165, 1.54) is 32.1 Å². The highest BCUT2D eigenvalue weighted by molar-refractivity contribution is 5.19. The molecule has 0 amide bonds. The molecule has 4 nitrogen and oxygen atoms in total. The lowest BCUT2D eigenvalue weighted by Gasteiger charge is -2.66. The van der Waals surface area contributed by atoms with Gasteiger partial charge in [-0.1, -0.05) is 53.9 Å². The number of fused-ring (bicyclic) bond motifs is 5. The average Bonchev–Trinajstić information content (AvgIpc) is 3.00. The standard InChI is InChI=1S/C27H48O4/c1-16(2)7-6-8-17(3)20-9-10-21-19-13-23(30)27(31)14-18(28)11-12-26(27,5)24(19)22(29)15-25(20,21)4/h16-24,28-31H,6-15H2,1-5H3/t17-,18+,19+,20-,21+,22+,23-,24-,25-,26-,27+/m1/s1. The summed E-state index contributed by atoms with van der Waals surface area (Å²) < 4.78 is 0. The van der Waals surface area contributed by atoms with E-state index in [2.05, 4.69) is 34.6 Å². The van der Waals surface area contributed by atoms with Crippen LogP contribution in [0.25, 0.3) is 0 Å². The lowest BCUT2D eigenvalue weighted by Crippen LogP contribution is -2.71. The molecule has 0 heterocycles. The molecule has 0 aliphatic heterocycles. The first-order valence-electron chi connectivity index (χ1n) is 13.2. The molecule has 4 aliphatic rings. The third kappa shape index (κ3) is 3.63. The Labute approximate surface area is 189 Å². The Hall–Kier alpha value is -0.160. The summed E-state index contributed by atoms with van der Waals surface area (Å²) in [5.74, 6) is 2.86. The molecule has 0 bridgehead atoms. The van der Waals surface area contributed by atoms with Gasteiger partial charge >= 0.3 is 0 Å². The largest absolute Gasteiger partial charge is 0.393 e. The summed E-state index contributed by atoms with van der Waals surface area (Å²) in [6.07, 6.45) is 7.41. The van der Waals surface area contributed by atoms with Gasteiger partial charge in [-0.2, -0.15) is 0 Å². The van der Waals surface area contributed by atoms with E-state index in [1.807, 2.05) is 0 Å². The number of aliphatic hydroxyl groups excluding tert-OH is 3. The van der Waals surface area contributed by atoms with Crippen molar-refractivity contribution in [2.24, 2.45) is 46.3 Å². The van der Waals surface area contributed by atoms with E-state index in [0.717, 1.165) is 12.3 Å². The highest BCUT2D eigenvalue weighted by Crippen LogP contribution is 2.69. The van der Waals surface area contributed by atoms with Gasteiger partial charge in [-0.25, -0.2) is 0 Å². The van der Waals surface area contributed by atoms with Crippen molar-refractivity contribution in [3.63, 3.8) is 0 Å². The molecule has 31 heavy (non-hydrogen) atoms. The normalized spacial score (nSPS) is 53.0. The molecule has 0 aromatic carbocycles. The van der Waals surface area contributed by atoms with Gasteiger partial charge < -0.3 is 20.4 Å². The van der Waals surface area contributed by atoms with Gasteiger partial charge in [-0.05, 0) is 79.4 Å². The molecule has 4 fully saturated rings. The summed E-state index contributed by atoms with van der Waals surface area (Å²) in [5.41, 5.74) is -1.70. The van der Waals surface area contributed by atoms with Gasteiger partial charge in [-0.15, -0.1) is 0 Å². The number of hydrogen-bond donors (Lipinski definition) is 4. The Morgan fingerprint density at radius 1 is 0.935 bits per heavy atom. The van der Waals surface area contributed by atoms with Crippen LogP contribution in [0.5, 0.6) is 0 Å². The smallest absolute Gasteiger partial charge is 0.0986 e. The lowest BCUT2D eigenvalue weighted by atomic mass is 9.41. The summed E-state index contributed by atoms with van der Waals surface area (Å²) in [6, 6.07) is 0. The highest BCUT2D eigenvalue weighted by Gasteiger charge is 2.69. The first kappa shape index (κ1) is 24.0. The molecular formula is C27H48O4. The Balaban J connectivity index is 1.58. The van der Waals surface area contributed by atoms with Gasteiger partial charge in [0.05, 0.1) is 23.9 Å². The van der Waals surface area contributed by atoms with E-state index < -0.39 is 29.3 Å². The maximum absolute atomic E-state index is 11.6. The van der Waals surface area contributed by atoms with E-state index in [4.69, 9.17) is 0 Å². The van der Waals surface area contributed by atoms with E-state index in [-0.39, 0.29) is 23.7 Å². The second-order valence-corrected chi connectivity index (χ2v) is 13.0. The zero-order valence-electron chi connectivity index (χ0n) is 20.6. The molecule has 0 aromatic rings. The van der Waals surface area contributed by atoms with Crippen molar-refractivity contribution in [3.05, 3.63) is 0 Å². The van der Waals surface area contributed by atoms with Crippen LogP contribution in [-0.2, 0) is 0 Å². The van der Waals surface area contributed by atoms with Crippen LogP contribution >= 0.6 is 0 Å². The third-order valence-electron chi connectivity index (χ3n) is 11.0. The maximum atomic E-state index is 11.6. The summed E-state index contributed by atoms with van der Waals surface area (Å²) in [5, 5.41) is 44.6. The number of hydrogen-bond acceptors (Lipinski definition) is 4. The fourth-order valence-electron chi connectivity index (χ4n) is 9.41. The molecule has 4 heteroatoms. The minimum atomic E-state index is -1.29. The molecule has 0 saturated heterocycles. The Bertz CT molecular complexity index is 651. The van der Waals surface area contributed by atoms with Crippen LogP contribution < -0.4 is 0 Å². The van der Waals surface area contributed by atoms with Gasteiger partial charge in [-0.3, -0.25) is 0 Å². The zero-order chi connectivity index (χ0) is 22.8. The van der Waals surface area contributed by atoms with Crippen LogP contribution in [0.2, 0.25) is 0 Å².